The van der Waals surface area contributed by atoms with E-state index in [1.807, 2.05) is 0 Å². The summed E-state index contributed by atoms with van der Waals surface area (Å²) in [5.41, 5.74) is 0.159. The lowest BCUT2D eigenvalue weighted by Crippen LogP contribution is -2.36. The van der Waals surface area contributed by atoms with Crippen LogP contribution >= 0.6 is 0 Å². The van der Waals surface area contributed by atoms with E-state index >= 15 is 0 Å². The Morgan fingerprint density at radius 2 is 1.75 bits per heavy atom. The Labute approximate surface area is 100 Å². The lowest BCUT2D eigenvalue weighted by atomic mass is 9.81. The molecule has 0 aromatic carbocycles. The van der Waals surface area contributed by atoms with Gasteiger partial charge in [0.25, 0.3) is 0 Å². The first kappa shape index (κ1) is 15.9. The van der Waals surface area contributed by atoms with E-state index in [2.05, 4.69) is 34.6 Å². The Kier molecular flexibility index (Phi) is 7.98. The van der Waals surface area contributed by atoms with Gasteiger partial charge in [0.05, 0.1) is 32.5 Å². The summed E-state index contributed by atoms with van der Waals surface area (Å²) in [4.78, 5) is 0. The van der Waals surface area contributed by atoms with Crippen molar-refractivity contribution in [2.75, 3.05) is 26.4 Å². The van der Waals surface area contributed by atoms with Crippen molar-refractivity contribution < 1.29 is 14.6 Å². The van der Waals surface area contributed by atoms with E-state index in [9.17, 15) is 0 Å². The fraction of sp³-hybridized carbons (Fsp3) is 1.00. The molecule has 0 fully saturated rings. The summed E-state index contributed by atoms with van der Waals surface area (Å²) < 4.78 is 11.1. The first-order valence-corrected chi connectivity index (χ1v) is 6.23. The van der Waals surface area contributed by atoms with Gasteiger partial charge >= 0.3 is 0 Å². The molecule has 2 atom stereocenters. The Bertz CT molecular complexity index is 163. The highest BCUT2D eigenvalue weighted by Gasteiger charge is 2.29. The van der Waals surface area contributed by atoms with E-state index in [-0.39, 0.29) is 18.1 Å². The minimum absolute atomic E-state index is 0.0774. The Morgan fingerprint density at radius 1 is 1.12 bits per heavy atom. The summed E-state index contributed by atoms with van der Waals surface area (Å²) >= 11 is 0. The van der Waals surface area contributed by atoms with Gasteiger partial charge in [-0.3, -0.25) is 0 Å². The largest absolute Gasteiger partial charge is 0.394 e. The zero-order chi connectivity index (χ0) is 12.6. The summed E-state index contributed by atoms with van der Waals surface area (Å²) in [5.74, 6) is 0.554. The van der Waals surface area contributed by atoms with Crippen molar-refractivity contribution in [3.63, 3.8) is 0 Å². The zero-order valence-corrected chi connectivity index (χ0v) is 11.5. The molecule has 16 heavy (non-hydrogen) atoms. The fourth-order valence-electron chi connectivity index (χ4n) is 1.88. The van der Waals surface area contributed by atoms with Gasteiger partial charge in [-0.25, -0.2) is 0 Å². The maximum absolute atomic E-state index is 8.56. The van der Waals surface area contributed by atoms with Crippen LogP contribution in [0.2, 0.25) is 0 Å². The Hall–Kier alpha value is -0.120. The number of aliphatic hydroxyl groups excluding tert-OH is 1. The minimum Gasteiger partial charge on any atom is -0.394 e. The van der Waals surface area contributed by atoms with Gasteiger partial charge in [0.2, 0.25) is 0 Å². The third kappa shape index (κ3) is 6.46. The maximum atomic E-state index is 8.56. The molecule has 0 aromatic heterocycles. The summed E-state index contributed by atoms with van der Waals surface area (Å²) in [5, 5.41) is 8.56. The second-order valence-corrected chi connectivity index (χ2v) is 5.38. The molecular formula is C13H28O3. The molecule has 2 unspecified atom stereocenters. The van der Waals surface area contributed by atoms with E-state index in [0.717, 1.165) is 6.42 Å². The molecule has 0 radical (unpaired) electrons. The monoisotopic (exact) mass is 232 g/mol. The van der Waals surface area contributed by atoms with Crippen molar-refractivity contribution in [3.05, 3.63) is 0 Å². The van der Waals surface area contributed by atoms with Gasteiger partial charge in [-0.1, -0.05) is 41.0 Å². The van der Waals surface area contributed by atoms with Gasteiger partial charge in [-0.15, -0.1) is 0 Å². The number of hydrogen-bond donors (Lipinski definition) is 1. The van der Waals surface area contributed by atoms with Crippen LogP contribution in [0.1, 0.15) is 41.0 Å². The van der Waals surface area contributed by atoms with Crippen LogP contribution in [-0.2, 0) is 9.47 Å². The molecule has 0 aliphatic heterocycles. The van der Waals surface area contributed by atoms with Gasteiger partial charge < -0.3 is 14.6 Å². The topological polar surface area (TPSA) is 38.7 Å². The summed E-state index contributed by atoms with van der Waals surface area (Å²) in [6, 6.07) is 0. The van der Waals surface area contributed by atoms with E-state index < -0.39 is 0 Å². The molecule has 0 aliphatic carbocycles. The van der Waals surface area contributed by atoms with Crippen LogP contribution in [0.4, 0.5) is 0 Å². The molecule has 98 valence electrons. The molecule has 0 aromatic rings. The highest BCUT2D eigenvalue weighted by atomic mass is 16.5. The Morgan fingerprint density at radius 3 is 2.19 bits per heavy atom. The van der Waals surface area contributed by atoms with Crippen molar-refractivity contribution in [3.8, 4) is 0 Å². The average molecular weight is 232 g/mol. The van der Waals surface area contributed by atoms with Crippen LogP contribution in [0, 0.1) is 11.3 Å². The maximum Gasteiger partial charge on any atom is 0.0704 e. The van der Waals surface area contributed by atoms with E-state index in [4.69, 9.17) is 14.6 Å². The van der Waals surface area contributed by atoms with Gasteiger partial charge in [-0.2, -0.15) is 0 Å². The quantitative estimate of drug-likeness (QED) is 0.653. The lowest BCUT2D eigenvalue weighted by molar-refractivity contribution is -0.0719. The normalized spacial score (nSPS) is 16.1. The predicted octanol–water partition coefficient (Wildman–Crippen LogP) is 2.47. The molecule has 0 spiro atoms. The Balaban J connectivity index is 3.94. The zero-order valence-electron chi connectivity index (χ0n) is 11.5. The SMILES string of the molecule is CCC(C)C(OCCOCCO)C(C)(C)C. The van der Waals surface area contributed by atoms with Crippen LogP contribution in [0.5, 0.6) is 0 Å². The second-order valence-electron chi connectivity index (χ2n) is 5.38. The van der Waals surface area contributed by atoms with Crippen molar-refractivity contribution in [1.29, 1.82) is 0 Å². The van der Waals surface area contributed by atoms with Gasteiger partial charge in [0.1, 0.15) is 0 Å². The van der Waals surface area contributed by atoms with Gasteiger partial charge in [0.15, 0.2) is 0 Å². The van der Waals surface area contributed by atoms with Crippen LogP contribution in [0.15, 0.2) is 0 Å². The molecule has 3 nitrogen and oxygen atoms in total. The van der Waals surface area contributed by atoms with Crippen molar-refractivity contribution in [2.24, 2.45) is 11.3 Å². The highest BCUT2D eigenvalue weighted by molar-refractivity contribution is 4.78. The van der Waals surface area contributed by atoms with Crippen molar-refractivity contribution >= 4 is 0 Å². The number of hydrogen-bond acceptors (Lipinski definition) is 3. The third-order valence-electron chi connectivity index (χ3n) is 2.78. The standard InChI is InChI=1S/C13H28O3/c1-6-11(2)12(13(3,4)5)16-10-9-15-8-7-14/h11-12,14H,6-10H2,1-5H3. The molecule has 0 rings (SSSR count). The molecule has 0 bridgehead atoms. The first-order valence-electron chi connectivity index (χ1n) is 6.23. The highest BCUT2D eigenvalue weighted by Crippen LogP contribution is 2.29. The van der Waals surface area contributed by atoms with Crippen LogP contribution in [-0.4, -0.2) is 37.6 Å². The second kappa shape index (κ2) is 8.04. The van der Waals surface area contributed by atoms with Crippen LogP contribution in [0.3, 0.4) is 0 Å². The average Bonchev–Trinajstić information content (AvgIpc) is 2.20. The van der Waals surface area contributed by atoms with E-state index in [1.165, 1.54) is 0 Å². The molecule has 0 saturated carbocycles. The minimum atomic E-state index is 0.0774. The van der Waals surface area contributed by atoms with Crippen molar-refractivity contribution in [2.45, 2.75) is 47.1 Å². The summed E-state index contributed by atoms with van der Waals surface area (Å²) in [6.07, 6.45) is 1.38. The fourth-order valence-corrected chi connectivity index (χ4v) is 1.88. The summed E-state index contributed by atoms with van der Waals surface area (Å²) in [6.45, 7) is 12.7. The smallest absolute Gasteiger partial charge is 0.0704 e. The lowest BCUT2D eigenvalue weighted by Gasteiger charge is -2.35. The molecule has 0 aliphatic rings. The number of ether oxygens (including phenoxy) is 2. The van der Waals surface area contributed by atoms with Gasteiger partial charge in [-0.05, 0) is 11.3 Å². The first-order chi connectivity index (χ1) is 7.43. The molecule has 1 N–H and O–H groups in total. The molecule has 3 heteroatoms. The molecule has 0 heterocycles. The van der Waals surface area contributed by atoms with Crippen molar-refractivity contribution in [1.82, 2.24) is 0 Å². The molecular weight excluding hydrogens is 204 g/mol. The third-order valence-corrected chi connectivity index (χ3v) is 2.78. The molecule has 0 saturated heterocycles. The predicted molar refractivity (Wildman–Crippen MR) is 66.6 cm³/mol. The number of aliphatic hydroxyl groups is 1. The van der Waals surface area contributed by atoms with E-state index in [1.54, 1.807) is 0 Å². The summed E-state index contributed by atoms with van der Waals surface area (Å²) in [7, 11) is 0. The van der Waals surface area contributed by atoms with Crippen LogP contribution < -0.4 is 0 Å². The van der Waals surface area contributed by atoms with Gasteiger partial charge in [0, 0.05) is 0 Å². The van der Waals surface area contributed by atoms with E-state index in [0.29, 0.717) is 25.7 Å². The number of rotatable bonds is 8. The molecule has 0 amide bonds. The van der Waals surface area contributed by atoms with Crippen LogP contribution in [0.25, 0.3) is 0 Å².